The van der Waals surface area contributed by atoms with Gasteiger partial charge in [0.1, 0.15) is 6.33 Å². The van der Waals surface area contributed by atoms with Gasteiger partial charge in [-0.15, -0.1) is 9.19 Å². The Morgan fingerprint density at radius 2 is 1.95 bits per heavy atom. The van der Waals surface area contributed by atoms with Crippen molar-refractivity contribution in [3.05, 3.63) is 46.6 Å². The van der Waals surface area contributed by atoms with E-state index in [0.29, 0.717) is 5.69 Å². The van der Waals surface area contributed by atoms with Crippen LogP contribution in [-0.2, 0) is 5.41 Å². The van der Waals surface area contributed by atoms with Crippen molar-refractivity contribution in [1.82, 2.24) is 13.8 Å². The zero-order valence-corrected chi connectivity index (χ0v) is 14.0. The molecule has 0 bridgehead atoms. The summed E-state index contributed by atoms with van der Waals surface area (Å²) in [4.78, 5) is 12.2. The molecule has 1 aromatic heterocycles. The van der Waals surface area contributed by atoms with Crippen molar-refractivity contribution in [2.45, 2.75) is 30.1 Å². The van der Waals surface area contributed by atoms with Crippen LogP contribution in [0.3, 0.4) is 0 Å². The molecule has 2 aromatic rings. The summed E-state index contributed by atoms with van der Waals surface area (Å²) in [5.74, 6) is 0. The van der Waals surface area contributed by atoms with Gasteiger partial charge in [-0.3, -0.25) is 0 Å². The minimum atomic E-state index is -2.61. The summed E-state index contributed by atoms with van der Waals surface area (Å²) in [5, 5.41) is 3.79. The maximum Gasteiger partial charge on any atom is 0.361 e. The molecule has 0 radical (unpaired) electrons. The first-order valence-corrected chi connectivity index (χ1v) is 7.65. The number of nitrogens with zero attached hydrogens (tertiary/aromatic N) is 3. The number of rotatable bonds is 3. The van der Waals surface area contributed by atoms with Crippen LogP contribution >= 0.6 is 35.1 Å². The summed E-state index contributed by atoms with van der Waals surface area (Å²) in [6.07, 6.45) is 1.30. The van der Waals surface area contributed by atoms with Crippen molar-refractivity contribution in [1.29, 1.82) is 0 Å². The van der Waals surface area contributed by atoms with Gasteiger partial charge in [0.15, 0.2) is 0 Å². The minimum Gasteiger partial charge on any atom is -0.249 e. The number of halogens is 3. The van der Waals surface area contributed by atoms with E-state index in [1.807, 2.05) is 18.2 Å². The number of aromatic nitrogens is 3. The normalized spacial score (nSPS) is 12.7. The van der Waals surface area contributed by atoms with Gasteiger partial charge < -0.3 is 0 Å². The van der Waals surface area contributed by atoms with E-state index in [0.717, 1.165) is 9.65 Å². The molecule has 0 spiro atoms. The van der Waals surface area contributed by atoms with Gasteiger partial charge in [0.05, 0.1) is 17.6 Å². The van der Waals surface area contributed by atoms with Gasteiger partial charge in [0.25, 0.3) is 0 Å². The molecule has 0 saturated carbocycles. The molecule has 1 heterocycles. The molecule has 114 valence electrons. The SMILES string of the molecule is CC(C)(C)c1cccc(-n2cnn(SC(F)(Cl)Cl)c2=O)c1. The lowest BCUT2D eigenvalue weighted by molar-refractivity contribution is 0.513. The summed E-state index contributed by atoms with van der Waals surface area (Å²) in [6, 6.07) is 7.51. The van der Waals surface area contributed by atoms with Crippen molar-refractivity contribution >= 4 is 35.1 Å². The fourth-order valence-corrected chi connectivity index (χ4v) is 2.59. The number of hydrogen-bond donors (Lipinski definition) is 0. The van der Waals surface area contributed by atoms with Crippen LogP contribution in [0.5, 0.6) is 0 Å². The third kappa shape index (κ3) is 4.02. The van der Waals surface area contributed by atoms with E-state index < -0.39 is 9.61 Å². The first-order valence-electron chi connectivity index (χ1n) is 6.12. The molecular formula is C13H14Cl2FN3OS. The van der Waals surface area contributed by atoms with Crippen molar-refractivity contribution < 1.29 is 4.39 Å². The molecule has 0 fully saturated rings. The lowest BCUT2D eigenvalue weighted by atomic mass is 9.87. The van der Waals surface area contributed by atoms with Crippen LogP contribution in [0, 0.1) is 0 Å². The van der Waals surface area contributed by atoms with Crippen molar-refractivity contribution in [2.24, 2.45) is 0 Å². The summed E-state index contributed by atoms with van der Waals surface area (Å²) in [5.41, 5.74) is 1.13. The van der Waals surface area contributed by atoms with Crippen LogP contribution in [0.1, 0.15) is 26.3 Å². The molecule has 0 atom stereocenters. The number of benzene rings is 1. The molecule has 0 N–H and O–H groups in total. The fourth-order valence-electron chi connectivity index (χ4n) is 1.75. The van der Waals surface area contributed by atoms with Gasteiger partial charge in [0.2, 0.25) is 0 Å². The largest absolute Gasteiger partial charge is 0.361 e. The zero-order chi connectivity index (χ0) is 15.8. The van der Waals surface area contributed by atoms with Gasteiger partial charge in [-0.25, -0.2) is 9.36 Å². The summed E-state index contributed by atoms with van der Waals surface area (Å²) >= 11 is 10.8. The van der Waals surface area contributed by atoms with Crippen molar-refractivity contribution in [3.63, 3.8) is 0 Å². The van der Waals surface area contributed by atoms with E-state index in [9.17, 15) is 9.18 Å². The molecule has 0 aliphatic heterocycles. The van der Waals surface area contributed by atoms with E-state index in [4.69, 9.17) is 23.2 Å². The molecule has 1 aromatic carbocycles. The Hall–Kier alpha value is -0.980. The predicted molar refractivity (Wildman–Crippen MR) is 85.1 cm³/mol. The summed E-state index contributed by atoms with van der Waals surface area (Å²) < 4.78 is 12.7. The minimum absolute atomic E-state index is 0.0509. The van der Waals surface area contributed by atoms with Crippen molar-refractivity contribution in [3.8, 4) is 5.69 Å². The second-order valence-corrected chi connectivity index (χ2v) is 8.27. The third-order valence-corrected chi connectivity index (χ3v) is 3.87. The highest BCUT2D eigenvalue weighted by atomic mass is 35.5. The standard InChI is InChI=1S/C13H14Cl2FN3OS/c1-12(2,3)9-5-4-6-10(7-9)18-8-17-19(11(18)20)21-13(14,15)16/h4-8H,1-3H3. The quantitative estimate of drug-likeness (QED) is 0.789. The molecule has 2 rings (SSSR count). The number of alkyl halides is 3. The Morgan fingerprint density at radius 1 is 1.29 bits per heavy atom. The first kappa shape index (κ1) is 16.4. The monoisotopic (exact) mass is 349 g/mol. The highest BCUT2D eigenvalue weighted by Crippen LogP contribution is 2.35. The average Bonchev–Trinajstić information content (AvgIpc) is 2.68. The molecule has 0 aliphatic carbocycles. The topological polar surface area (TPSA) is 39.8 Å². The van der Waals surface area contributed by atoms with Crippen LogP contribution in [0.25, 0.3) is 5.69 Å². The average molecular weight is 350 g/mol. The third-order valence-electron chi connectivity index (χ3n) is 2.82. The van der Waals surface area contributed by atoms with E-state index in [1.54, 1.807) is 6.07 Å². The van der Waals surface area contributed by atoms with Crippen LogP contribution in [0.4, 0.5) is 4.39 Å². The second kappa shape index (κ2) is 5.66. The highest BCUT2D eigenvalue weighted by Gasteiger charge is 2.27. The van der Waals surface area contributed by atoms with Crippen LogP contribution in [0.2, 0.25) is 0 Å². The van der Waals surface area contributed by atoms with Gasteiger partial charge in [-0.05, 0) is 23.1 Å². The first-order chi connectivity index (χ1) is 9.58. The highest BCUT2D eigenvalue weighted by molar-refractivity contribution is 8.01. The van der Waals surface area contributed by atoms with Crippen LogP contribution in [-0.4, -0.2) is 17.7 Å². The van der Waals surface area contributed by atoms with Crippen molar-refractivity contribution in [2.75, 3.05) is 0 Å². The lowest BCUT2D eigenvalue weighted by Crippen LogP contribution is -2.23. The molecule has 8 heteroatoms. The molecule has 21 heavy (non-hydrogen) atoms. The Bertz CT molecular complexity index is 700. The Balaban J connectivity index is 2.43. The molecule has 0 saturated heterocycles. The molecule has 4 nitrogen and oxygen atoms in total. The summed E-state index contributed by atoms with van der Waals surface area (Å²) in [7, 11) is 0. The van der Waals surface area contributed by atoms with E-state index in [2.05, 4.69) is 25.9 Å². The van der Waals surface area contributed by atoms with Gasteiger partial charge in [-0.1, -0.05) is 56.1 Å². The smallest absolute Gasteiger partial charge is 0.249 e. The van der Waals surface area contributed by atoms with Gasteiger partial charge in [-0.2, -0.15) is 4.39 Å². The lowest BCUT2D eigenvalue weighted by Gasteiger charge is -2.19. The molecule has 0 aliphatic rings. The van der Waals surface area contributed by atoms with E-state index in [-0.39, 0.29) is 17.4 Å². The maximum atomic E-state index is 13.2. The number of hydrogen-bond acceptors (Lipinski definition) is 3. The van der Waals surface area contributed by atoms with Crippen LogP contribution in [0.15, 0.2) is 35.4 Å². The van der Waals surface area contributed by atoms with E-state index >= 15 is 0 Å². The predicted octanol–water partition coefficient (Wildman–Crippen LogP) is 3.89. The maximum absolute atomic E-state index is 13.2. The van der Waals surface area contributed by atoms with Crippen LogP contribution < -0.4 is 5.69 Å². The van der Waals surface area contributed by atoms with Gasteiger partial charge >= 0.3 is 9.61 Å². The molecule has 0 amide bonds. The van der Waals surface area contributed by atoms with E-state index in [1.165, 1.54) is 10.9 Å². The summed E-state index contributed by atoms with van der Waals surface area (Å²) in [6.45, 7) is 6.23. The zero-order valence-electron chi connectivity index (χ0n) is 11.7. The molecule has 0 unspecified atom stereocenters. The molecular weight excluding hydrogens is 336 g/mol. The Kier molecular flexibility index (Phi) is 4.42. The Labute approximate surface area is 136 Å². The fraction of sp³-hybridized carbons (Fsp3) is 0.385. The Morgan fingerprint density at radius 3 is 2.52 bits per heavy atom. The van der Waals surface area contributed by atoms with Gasteiger partial charge in [0, 0.05) is 0 Å². The second-order valence-electron chi connectivity index (χ2n) is 5.49.